The number of amides is 2. The van der Waals surface area contributed by atoms with Crippen molar-refractivity contribution in [2.24, 2.45) is 0 Å². The van der Waals surface area contributed by atoms with Crippen LogP contribution in [0.1, 0.15) is 17.0 Å². The van der Waals surface area contributed by atoms with Crippen molar-refractivity contribution >= 4 is 41.1 Å². The highest BCUT2D eigenvalue weighted by atomic mass is 32.1. The second-order valence-corrected chi connectivity index (χ2v) is 10.7. The van der Waals surface area contributed by atoms with Crippen molar-refractivity contribution in [3.05, 3.63) is 83.1 Å². The van der Waals surface area contributed by atoms with E-state index in [1.807, 2.05) is 78.2 Å². The number of rotatable bonds is 6. The van der Waals surface area contributed by atoms with E-state index in [2.05, 4.69) is 0 Å². The average Bonchev–Trinajstić information content (AvgIpc) is 3.44. The molecule has 0 spiro atoms. The van der Waals surface area contributed by atoms with Gasteiger partial charge >= 0.3 is 6.09 Å². The summed E-state index contributed by atoms with van der Waals surface area (Å²) in [5.74, 6) is -0.363. The van der Waals surface area contributed by atoms with E-state index in [9.17, 15) is 14.2 Å². The Labute approximate surface area is 173 Å². The second-order valence-electron chi connectivity index (χ2n) is 6.72. The maximum absolute atomic E-state index is 14.8. The molecule has 1 aliphatic heterocycles. The van der Waals surface area contributed by atoms with Crippen LogP contribution in [0, 0.1) is 0 Å². The van der Waals surface area contributed by atoms with Gasteiger partial charge in [0.1, 0.15) is 6.61 Å². The summed E-state index contributed by atoms with van der Waals surface area (Å²) < 4.78 is 19.7. The predicted octanol–water partition coefficient (Wildman–Crippen LogP) is 4.17. The number of imide groups is 1. The minimum Gasteiger partial charge on any atom is -0.447 e. The van der Waals surface area contributed by atoms with Crippen LogP contribution in [0.15, 0.2) is 78.2 Å². The normalized spacial score (nSPS) is 15.2. The Hall–Kier alpha value is -2.69. The second kappa shape index (κ2) is 8.36. The Morgan fingerprint density at radius 2 is 1.62 bits per heavy atom. The molecule has 0 bridgehead atoms. The van der Waals surface area contributed by atoms with E-state index in [4.69, 9.17) is 4.74 Å². The lowest BCUT2D eigenvalue weighted by Gasteiger charge is -2.28. The third-order valence-corrected chi connectivity index (χ3v) is 9.65. The molecule has 0 unspecified atom stereocenters. The van der Waals surface area contributed by atoms with Gasteiger partial charge in [0, 0.05) is 21.9 Å². The molecular formula is C22H20NO4PS. The first-order chi connectivity index (χ1) is 14.1. The molecule has 1 fully saturated rings. The van der Waals surface area contributed by atoms with E-state index in [1.165, 1.54) is 11.3 Å². The maximum Gasteiger partial charge on any atom is 0.416 e. The molecule has 0 saturated carbocycles. The van der Waals surface area contributed by atoms with Crippen LogP contribution in [-0.2, 0) is 14.1 Å². The van der Waals surface area contributed by atoms with Crippen LogP contribution in [0.4, 0.5) is 4.79 Å². The highest BCUT2D eigenvalue weighted by Crippen LogP contribution is 2.59. The summed E-state index contributed by atoms with van der Waals surface area (Å²) in [6.45, 7) is 0.430. The van der Waals surface area contributed by atoms with E-state index >= 15 is 0 Å². The summed E-state index contributed by atoms with van der Waals surface area (Å²) in [7, 11) is -3.23. The number of carbonyl (C=O) groups excluding carboxylic acids is 2. The van der Waals surface area contributed by atoms with Crippen molar-refractivity contribution < 1.29 is 18.9 Å². The SMILES string of the molecule is O=C(C[C@@H](c1cccs1)P(=O)(c1ccccc1)c1ccccc1)N1CCOC1=O. The van der Waals surface area contributed by atoms with E-state index in [0.29, 0.717) is 10.6 Å². The van der Waals surface area contributed by atoms with Gasteiger partial charge in [-0.3, -0.25) is 4.79 Å². The predicted molar refractivity (Wildman–Crippen MR) is 114 cm³/mol. The molecule has 0 N–H and O–H groups in total. The zero-order chi connectivity index (χ0) is 20.3. The topological polar surface area (TPSA) is 63.7 Å². The Morgan fingerprint density at radius 1 is 1.00 bits per heavy atom. The van der Waals surface area contributed by atoms with Crippen LogP contribution in [-0.4, -0.2) is 30.1 Å². The zero-order valence-corrected chi connectivity index (χ0v) is 17.4. The molecule has 4 rings (SSSR count). The molecule has 3 aromatic rings. The number of nitrogens with zero attached hydrogens (tertiary/aromatic N) is 1. The zero-order valence-electron chi connectivity index (χ0n) is 15.6. The van der Waals surface area contributed by atoms with Crippen LogP contribution < -0.4 is 10.6 Å². The quantitative estimate of drug-likeness (QED) is 0.556. The molecule has 29 heavy (non-hydrogen) atoms. The minimum absolute atomic E-state index is 0.0311. The van der Waals surface area contributed by atoms with E-state index < -0.39 is 18.9 Å². The van der Waals surface area contributed by atoms with Crippen molar-refractivity contribution in [3.63, 3.8) is 0 Å². The van der Waals surface area contributed by atoms with Crippen molar-refractivity contribution in [1.29, 1.82) is 0 Å². The monoisotopic (exact) mass is 425 g/mol. The smallest absolute Gasteiger partial charge is 0.416 e. The minimum atomic E-state index is -3.23. The Balaban J connectivity index is 1.83. The number of carbonyl (C=O) groups is 2. The van der Waals surface area contributed by atoms with Gasteiger partial charge in [0.25, 0.3) is 0 Å². The molecule has 148 valence electrons. The molecule has 2 amide bonds. The maximum atomic E-state index is 14.8. The van der Waals surface area contributed by atoms with E-state index in [-0.39, 0.29) is 25.5 Å². The third kappa shape index (κ3) is 3.78. The molecular weight excluding hydrogens is 405 g/mol. The van der Waals surface area contributed by atoms with Crippen molar-refractivity contribution in [1.82, 2.24) is 4.90 Å². The van der Waals surface area contributed by atoms with Gasteiger partial charge < -0.3 is 9.30 Å². The average molecular weight is 425 g/mol. The van der Waals surface area contributed by atoms with Crippen LogP contribution in [0.3, 0.4) is 0 Å². The fourth-order valence-electron chi connectivity index (χ4n) is 3.59. The molecule has 0 radical (unpaired) electrons. The molecule has 0 aliphatic carbocycles. The van der Waals surface area contributed by atoms with Gasteiger partial charge in [-0.1, -0.05) is 66.7 Å². The largest absolute Gasteiger partial charge is 0.447 e. The summed E-state index contributed by atoms with van der Waals surface area (Å²) >= 11 is 1.47. The summed E-state index contributed by atoms with van der Waals surface area (Å²) in [6, 6.07) is 22.4. The molecule has 5 nitrogen and oxygen atoms in total. The van der Waals surface area contributed by atoms with E-state index in [0.717, 1.165) is 9.78 Å². The summed E-state index contributed by atoms with van der Waals surface area (Å²) in [4.78, 5) is 26.8. The highest BCUT2D eigenvalue weighted by molar-refractivity contribution is 7.79. The number of hydrogen-bond donors (Lipinski definition) is 0. The lowest BCUT2D eigenvalue weighted by molar-refractivity contribution is -0.127. The molecule has 1 aliphatic rings. The lowest BCUT2D eigenvalue weighted by atomic mass is 10.2. The fraction of sp³-hybridized carbons (Fsp3) is 0.182. The van der Waals surface area contributed by atoms with Gasteiger partial charge in [0.05, 0.1) is 12.2 Å². The molecule has 1 saturated heterocycles. The van der Waals surface area contributed by atoms with E-state index in [1.54, 1.807) is 0 Å². The van der Waals surface area contributed by atoms with Crippen LogP contribution in [0.2, 0.25) is 0 Å². The van der Waals surface area contributed by atoms with Gasteiger partial charge in [-0.15, -0.1) is 11.3 Å². The number of ether oxygens (including phenoxy) is 1. The summed E-state index contributed by atoms with van der Waals surface area (Å²) in [6.07, 6.45) is -0.661. The highest BCUT2D eigenvalue weighted by Gasteiger charge is 2.41. The molecule has 2 aromatic carbocycles. The van der Waals surface area contributed by atoms with Crippen LogP contribution in [0.5, 0.6) is 0 Å². The molecule has 1 aromatic heterocycles. The van der Waals surface area contributed by atoms with Crippen LogP contribution in [0.25, 0.3) is 0 Å². The Kier molecular flexibility index (Phi) is 5.65. The van der Waals surface area contributed by atoms with Gasteiger partial charge in [-0.25, -0.2) is 9.69 Å². The number of hydrogen-bond acceptors (Lipinski definition) is 5. The number of cyclic esters (lactones) is 1. The van der Waals surface area contributed by atoms with Gasteiger partial charge in [0.15, 0.2) is 7.14 Å². The van der Waals surface area contributed by atoms with Crippen molar-refractivity contribution in [2.45, 2.75) is 12.1 Å². The van der Waals surface area contributed by atoms with Gasteiger partial charge in [-0.05, 0) is 11.4 Å². The van der Waals surface area contributed by atoms with Crippen LogP contribution >= 0.6 is 18.5 Å². The Morgan fingerprint density at radius 3 is 2.10 bits per heavy atom. The number of thiophene rings is 1. The fourth-order valence-corrected chi connectivity index (χ4v) is 8.04. The van der Waals surface area contributed by atoms with Gasteiger partial charge in [0.2, 0.25) is 5.91 Å². The van der Waals surface area contributed by atoms with Crippen molar-refractivity contribution in [3.8, 4) is 0 Å². The Bertz CT molecular complexity index is 994. The molecule has 1 atom stereocenters. The lowest BCUT2D eigenvalue weighted by Crippen LogP contribution is -2.33. The first-order valence-electron chi connectivity index (χ1n) is 9.32. The van der Waals surface area contributed by atoms with Gasteiger partial charge in [-0.2, -0.15) is 0 Å². The molecule has 7 heteroatoms. The standard InChI is InChI=1S/C22H20NO4PS/c24-21(23-13-14-27-22(23)25)16-19(20-12-7-15-29-20)28(26,17-8-3-1-4-9-17)18-10-5-2-6-11-18/h1-12,15,19H,13-14,16H2/t19-/m0/s1. The third-order valence-electron chi connectivity index (χ3n) is 5.02. The first-order valence-corrected chi connectivity index (χ1v) is 12.0. The molecule has 2 heterocycles. The summed E-state index contributed by atoms with van der Waals surface area (Å²) in [5.41, 5.74) is -0.562. The first kappa shape index (κ1) is 19.6. The van der Waals surface area contributed by atoms with Crippen molar-refractivity contribution in [2.75, 3.05) is 13.2 Å². The summed E-state index contributed by atoms with van der Waals surface area (Å²) in [5, 5.41) is 3.31. The number of benzene rings is 2.